The molecular formula is C17H17FN6S. The van der Waals surface area contributed by atoms with Gasteiger partial charge in [0.25, 0.3) is 0 Å². The van der Waals surface area contributed by atoms with Crippen LogP contribution >= 0.6 is 11.3 Å². The van der Waals surface area contributed by atoms with Crippen molar-refractivity contribution in [3.05, 3.63) is 30.3 Å². The highest BCUT2D eigenvalue weighted by Gasteiger charge is 2.19. The molecule has 0 saturated carbocycles. The molecule has 1 saturated heterocycles. The van der Waals surface area contributed by atoms with Gasteiger partial charge < -0.3 is 5.32 Å². The van der Waals surface area contributed by atoms with Gasteiger partial charge in [0.1, 0.15) is 16.0 Å². The minimum Gasteiger partial charge on any atom is -0.317 e. The summed E-state index contributed by atoms with van der Waals surface area (Å²) in [6, 6.07) is 3.88. The van der Waals surface area contributed by atoms with Gasteiger partial charge in [-0.3, -0.25) is 9.36 Å². The molecule has 5 rings (SSSR count). The van der Waals surface area contributed by atoms with E-state index < -0.39 is 0 Å². The molecule has 25 heavy (non-hydrogen) atoms. The fourth-order valence-electron chi connectivity index (χ4n) is 3.46. The number of aryl methyl sites for hydroxylation is 1. The third kappa shape index (κ3) is 2.52. The molecule has 4 aromatic rings. The molecule has 0 amide bonds. The summed E-state index contributed by atoms with van der Waals surface area (Å²) in [5, 5.41) is 13.8. The van der Waals surface area contributed by atoms with Gasteiger partial charge >= 0.3 is 0 Å². The van der Waals surface area contributed by atoms with E-state index in [9.17, 15) is 4.39 Å². The molecule has 1 aliphatic rings. The predicted octanol–water partition coefficient (Wildman–Crippen LogP) is 3.11. The zero-order chi connectivity index (χ0) is 17.0. The van der Waals surface area contributed by atoms with Crippen LogP contribution in [0, 0.1) is 5.82 Å². The van der Waals surface area contributed by atoms with E-state index >= 15 is 0 Å². The quantitative estimate of drug-likeness (QED) is 0.599. The smallest absolute Gasteiger partial charge is 0.166 e. The van der Waals surface area contributed by atoms with Gasteiger partial charge in [-0.15, -0.1) is 0 Å². The Kier molecular flexibility index (Phi) is 3.36. The molecule has 0 radical (unpaired) electrons. The van der Waals surface area contributed by atoms with Crippen molar-refractivity contribution in [2.45, 2.75) is 18.9 Å². The lowest BCUT2D eigenvalue weighted by Gasteiger charge is -2.22. The SMILES string of the molecule is Cn1cc2cc(-c3nc4cn(C5CCNCC5)nc4s3)cc(F)c2n1. The molecule has 8 heteroatoms. The van der Waals surface area contributed by atoms with Crippen molar-refractivity contribution < 1.29 is 4.39 Å². The van der Waals surface area contributed by atoms with Crippen molar-refractivity contribution in [2.24, 2.45) is 7.05 Å². The number of thiazole rings is 1. The lowest BCUT2D eigenvalue weighted by molar-refractivity contribution is 0.345. The maximum Gasteiger partial charge on any atom is 0.166 e. The number of nitrogens with zero attached hydrogens (tertiary/aromatic N) is 5. The molecule has 0 atom stereocenters. The Balaban J connectivity index is 1.53. The third-order valence-corrected chi connectivity index (χ3v) is 5.71. The van der Waals surface area contributed by atoms with E-state index in [2.05, 4.69) is 15.4 Å². The van der Waals surface area contributed by atoms with Crippen LogP contribution in [0.2, 0.25) is 0 Å². The largest absolute Gasteiger partial charge is 0.317 e. The van der Waals surface area contributed by atoms with E-state index in [-0.39, 0.29) is 5.82 Å². The molecule has 1 aliphatic heterocycles. The topological polar surface area (TPSA) is 60.6 Å². The molecule has 1 fully saturated rings. The molecule has 1 aromatic carbocycles. The van der Waals surface area contributed by atoms with Crippen molar-refractivity contribution in [1.82, 2.24) is 29.9 Å². The van der Waals surface area contributed by atoms with Crippen LogP contribution in [-0.4, -0.2) is 37.6 Å². The minimum absolute atomic E-state index is 0.319. The van der Waals surface area contributed by atoms with Crippen LogP contribution in [0.1, 0.15) is 18.9 Å². The lowest BCUT2D eigenvalue weighted by Crippen LogP contribution is -2.29. The second kappa shape index (κ2) is 5.60. The monoisotopic (exact) mass is 356 g/mol. The maximum atomic E-state index is 14.3. The number of aromatic nitrogens is 5. The number of hydrogen-bond donors (Lipinski definition) is 1. The summed E-state index contributed by atoms with van der Waals surface area (Å²) < 4.78 is 18.0. The highest BCUT2D eigenvalue weighted by atomic mass is 32.1. The van der Waals surface area contributed by atoms with Gasteiger partial charge in [0, 0.05) is 24.2 Å². The Hall–Kier alpha value is -2.32. The highest BCUT2D eigenvalue weighted by Crippen LogP contribution is 2.33. The van der Waals surface area contributed by atoms with Crippen LogP contribution in [0.4, 0.5) is 4.39 Å². The Bertz CT molecular complexity index is 1040. The van der Waals surface area contributed by atoms with Gasteiger partial charge in [0.15, 0.2) is 10.6 Å². The van der Waals surface area contributed by atoms with Crippen molar-refractivity contribution in [3.8, 4) is 10.6 Å². The van der Waals surface area contributed by atoms with Crippen LogP contribution in [0.3, 0.4) is 0 Å². The van der Waals surface area contributed by atoms with Gasteiger partial charge in [0.2, 0.25) is 0 Å². The van der Waals surface area contributed by atoms with E-state index in [1.54, 1.807) is 11.7 Å². The van der Waals surface area contributed by atoms with Crippen molar-refractivity contribution >= 4 is 32.6 Å². The third-order valence-electron chi connectivity index (χ3n) is 4.70. The molecular weight excluding hydrogens is 339 g/mol. The summed E-state index contributed by atoms with van der Waals surface area (Å²) in [5.74, 6) is -0.319. The second-order valence-electron chi connectivity index (χ2n) is 6.50. The molecule has 0 aliphatic carbocycles. The number of nitrogens with one attached hydrogen (secondary N) is 1. The standard InChI is InChI=1S/C17H17FN6S/c1-23-8-11-6-10(7-13(18)15(11)21-23)16-20-14-9-24(22-17(14)25-16)12-2-4-19-5-3-12/h6-9,12,19H,2-5H2,1H3. The first kappa shape index (κ1) is 15.0. The number of benzene rings is 1. The van der Waals surface area contributed by atoms with Crippen LogP contribution in [-0.2, 0) is 7.05 Å². The number of halogens is 1. The fraction of sp³-hybridized carbons (Fsp3) is 0.353. The molecule has 0 bridgehead atoms. The average molecular weight is 356 g/mol. The number of fused-ring (bicyclic) bond motifs is 2. The van der Waals surface area contributed by atoms with Crippen LogP contribution in [0.15, 0.2) is 24.5 Å². The molecule has 6 nitrogen and oxygen atoms in total. The highest BCUT2D eigenvalue weighted by molar-refractivity contribution is 7.21. The van der Waals surface area contributed by atoms with E-state index in [1.807, 2.05) is 23.1 Å². The van der Waals surface area contributed by atoms with Crippen molar-refractivity contribution in [3.63, 3.8) is 0 Å². The fourth-order valence-corrected chi connectivity index (χ4v) is 4.36. The lowest BCUT2D eigenvalue weighted by atomic mass is 10.1. The Labute approximate surface area is 147 Å². The van der Waals surface area contributed by atoms with Crippen LogP contribution < -0.4 is 5.32 Å². The average Bonchev–Trinajstić information content (AvgIpc) is 3.27. The first-order chi connectivity index (χ1) is 12.2. The van der Waals surface area contributed by atoms with Crippen molar-refractivity contribution in [2.75, 3.05) is 13.1 Å². The summed E-state index contributed by atoms with van der Waals surface area (Å²) in [4.78, 5) is 5.58. The van der Waals surface area contributed by atoms with Gasteiger partial charge in [-0.25, -0.2) is 9.37 Å². The second-order valence-corrected chi connectivity index (χ2v) is 7.48. The molecule has 0 spiro atoms. The van der Waals surface area contributed by atoms with E-state index in [1.165, 1.54) is 17.4 Å². The van der Waals surface area contributed by atoms with Gasteiger partial charge in [-0.05, 0) is 38.1 Å². The van der Waals surface area contributed by atoms with Crippen molar-refractivity contribution in [1.29, 1.82) is 0 Å². The van der Waals surface area contributed by atoms with Gasteiger partial charge in [0.05, 0.1) is 12.2 Å². The summed E-state index contributed by atoms with van der Waals surface area (Å²) >= 11 is 1.51. The zero-order valence-electron chi connectivity index (χ0n) is 13.7. The minimum atomic E-state index is -0.319. The summed E-state index contributed by atoms with van der Waals surface area (Å²) in [6.45, 7) is 2.06. The molecule has 1 N–H and O–H groups in total. The number of piperidine rings is 1. The zero-order valence-corrected chi connectivity index (χ0v) is 14.6. The van der Waals surface area contributed by atoms with Crippen LogP contribution in [0.25, 0.3) is 31.8 Å². The molecule has 3 aromatic heterocycles. The number of rotatable bonds is 2. The first-order valence-electron chi connectivity index (χ1n) is 8.37. The molecule has 4 heterocycles. The Morgan fingerprint density at radius 2 is 2.04 bits per heavy atom. The van der Waals surface area contributed by atoms with Crippen LogP contribution in [0.5, 0.6) is 0 Å². The van der Waals surface area contributed by atoms with E-state index in [4.69, 9.17) is 5.10 Å². The van der Waals surface area contributed by atoms with E-state index in [0.717, 1.165) is 52.2 Å². The maximum absolute atomic E-state index is 14.3. The molecule has 128 valence electrons. The number of hydrogen-bond acceptors (Lipinski definition) is 5. The van der Waals surface area contributed by atoms with Gasteiger partial charge in [-0.2, -0.15) is 10.2 Å². The molecule has 0 unspecified atom stereocenters. The normalized spacial score (nSPS) is 16.2. The summed E-state index contributed by atoms with van der Waals surface area (Å²) in [7, 11) is 1.79. The summed E-state index contributed by atoms with van der Waals surface area (Å²) in [6.07, 6.45) is 6.01. The van der Waals surface area contributed by atoms with Gasteiger partial charge in [-0.1, -0.05) is 11.3 Å². The first-order valence-corrected chi connectivity index (χ1v) is 9.19. The summed E-state index contributed by atoms with van der Waals surface area (Å²) in [5.41, 5.74) is 2.04. The Morgan fingerprint density at radius 3 is 2.84 bits per heavy atom. The predicted molar refractivity (Wildman–Crippen MR) is 96.2 cm³/mol. The van der Waals surface area contributed by atoms with E-state index in [0.29, 0.717) is 11.6 Å². The Morgan fingerprint density at radius 1 is 1.20 bits per heavy atom.